The molecule has 1 aromatic heterocycles. The molecule has 1 fully saturated rings. The number of carbonyl (C=O) groups excluding carboxylic acids is 1. The monoisotopic (exact) mass is 303 g/mol. The second-order valence-electron chi connectivity index (χ2n) is 5.50. The number of amides is 1. The maximum Gasteiger partial charge on any atom is 0.231 e. The topological polar surface area (TPSA) is 57.8 Å². The molecule has 0 saturated heterocycles. The van der Waals surface area contributed by atoms with E-state index in [-0.39, 0.29) is 17.4 Å². The molecule has 3 rings (SSSR count). The Bertz CT molecular complexity index is 617. The van der Waals surface area contributed by atoms with Crippen molar-refractivity contribution in [2.75, 3.05) is 0 Å². The van der Waals surface area contributed by atoms with E-state index >= 15 is 0 Å². The second kappa shape index (κ2) is 5.53. The van der Waals surface area contributed by atoms with Crippen LogP contribution >= 0.6 is 11.6 Å². The predicted octanol–water partition coefficient (Wildman–Crippen LogP) is 3.36. The van der Waals surface area contributed by atoms with Crippen LogP contribution in [0.5, 0.6) is 0 Å². The van der Waals surface area contributed by atoms with Crippen molar-refractivity contribution in [3.8, 4) is 0 Å². The summed E-state index contributed by atoms with van der Waals surface area (Å²) in [5, 5.41) is 3.81. The van der Waals surface area contributed by atoms with Crippen molar-refractivity contribution < 1.29 is 4.79 Å². The van der Waals surface area contributed by atoms with E-state index in [1.165, 1.54) is 0 Å². The number of nitrogens with one attached hydrogen (secondary N) is 2. The van der Waals surface area contributed by atoms with Crippen molar-refractivity contribution in [3.63, 3.8) is 0 Å². The van der Waals surface area contributed by atoms with E-state index < -0.39 is 0 Å². The molecule has 0 bridgehead atoms. The highest BCUT2D eigenvalue weighted by Gasteiger charge is 2.51. The quantitative estimate of drug-likeness (QED) is 0.890. The molecule has 110 valence electrons. The van der Waals surface area contributed by atoms with Gasteiger partial charge in [0.25, 0.3) is 0 Å². The van der Waals surface area contributed by atoms with Gasteiger partial charge in [-0.3, -0.25) is 4.79 Å². The summed E-state index contributed by atoms with van der Waals surface area (Å²) in [4.78, 5) is 20.0. The fraction of sp³-hybridized carbons (Fsp3) is 0.375. The lowest BCUT2D eigenvalue weighted by atomic mass is 9.94. The number of aromatic amines is 1. The van der Waals surface area contributed by atoms with Crippen LogP contribution < -0.4 is 5.32 Å². The van der Waals surface area contributed by atoms with Gasteiger partial charge >= 0.3 is 0 Å². The van der Waals surface area contributed by atoms with Crippen LogP contribution in [0.15, 0.2) is 36.7 Å². The molecule has 0 spiro atoms. The molecule has 1 aliphatic rings. The molecular weight excluding hydrogens is 286 g/mol. The smallest absolute Gasteiger partial charge is 0.231 e. The van der Waals surface area contributed by atoms with Crippen LogP contribution in [0.1, 0.15) is 43.6 Å². The number of rotatable bonds is 5. The lowest BCUT2D eigenvalue weighted by molar-refractivity contribution is -0.124. The van der Waals surface area contributed by atoms with E-state index in [2.05, 4.69) is 15.3 Å². The van der Waals surface area contributed by atoms with Gasteiger partial charge in [0.05, 0.1) is 11.5 Å². The molecule has 2 aromatic rings. The molecule has 5 heteroatoms. The second-order valence-corrected chi connectivity index (χ2v) is 5.93. The molecule has 1 aromatic carbocycles. The molecule has 0 aliphatic heterocycles. The molecule has 21 heavy (non-hydrogen) atoms. The zero-order valence-corrected chi connectivity index (χ0v) is 12.7. The van der Waals surface area contributed by atoms with Gasteiger partial charge in [0.1, 0.15) is 5.82 Å². The van der Waals surface area contributed by atoms with E-state index in [1.54, 1.807) is 12.4 Å². The molecule has 4 nitrogen and oxygen atoms in total. The van der Waals surface area contributed by atoms with Gasteiger partial charge in [-0.15, -0.1) is 0 Å². The van der Waals surface area contributed by atoms with Gasteiger partial charge in [0.15, 0.2) is 0 Å². The molecule has 1 aliphatic carbocycles. The predicted molar refractivity (Wildman–Crippen MR) is 82.1 cm³/mol. The minimum atomic E-state index is -0.384. The number of hydrogen-bond donors (Lipinski definition) is 2. The summed E-state index contributed by atoms with van der Waals surface area (Å²) in [7, 11) is 0. The first-order chi connectivity index (χ1) is 10.2. The molecule has 2 N–H and O–H groups in total. The highest BCUT2D eigenvalue weighted by Crippen LogP contribution is 2.48. The van der Waals surface area contributed by atoms with Gasteiger partial charge in [-0.25, -0.2) is 4.98 Å². The Morgan fingerprint density at radius 3 is 2.67 bits per heavy atom. The van der Waals surface area contributed by atoms with Crippen LogP contribution in [0, 0.1) is 0 Å². The van der Waals surface area contributed by atoms with Crippen LogP contribution in [0.3, 0.4) is 0 Å². The van der Waals surface area contributed by atoms with Crippen LogP contribution in [0.2, 0.25) is 5.02 Å². The molecule has 1 saturated carbocycles. The van der Waals surface area contributed by atoms with E-state index in [1.807, 2.05) is 31.2 Å². The maximum atomic E-state index is 12.7. The van der Waals surface area contributed by atoms with E-state index in [0.29, 0.717) is 5.02 Å². The number of benzene rings is 1. The summed E-state index contributed by atoms with van der Waals surface area (Å²) < 4.78 is 0. The number of nitrogens with zero attached hydrogens (tertiary/aromatic N) is 1. The first-order valence-electron chi connectivity index (χ1n) is 7.22. The fourth-order valence-electron chi connectivity index (χ4n) is 2.67. The van der Waals surface area contributed by atoms with Gasteiger partial charge in [-0.2, -0.15) is 0 Å². The molecule has 0 radical (unpaired) electrons. The third kappa shape index (κ3) is 2.68. The average molecular weight is 304 g/mol. The number of aromatic nitrogens is 2. The largest absolute Gasteiger partial charge is 0.347 e. The number of halogens is 1. The summed E-state index contributed by atoms with van der Waals surface area (Å²) in [6.45, 7) is 2.04. The Kier molecular flexibility index (Phi) is 3.72. The minimum Gasteiger partial charge on any atom is -0.347 e. The minimum absolute atomic E-state index is 0.0720. The summed E-state index contributed by atoms with van der Waals surface area (Å²) >= 11 is 5.92. The van der Waals surface area contributed by atoms with Crippen molar-refractivity contribution in [2.24, 2.45) is 0 Å². The Hall–Kier alpha value is -1.81. The van der Waals surface area contributed by atoms with Crippen LogP contribution in [-0.2, 0) is 10.2 Å². The Morgan fingerprint density at radius 1 is 1.43 bits per heavy atom. The van der Waals surface area contributed by atoms with Crippen molar-refractivity contribution in [1.82, 2.24) is 15.3 Å². The van der Waals surface area contributed by atoms with E-state index in [0.717, 1.165) is 30.7 Å². The number of carbonyl (C=O) groups is 1. The fourth-order valence-corrected chi connectivity index (χ4v) is 2.79. The Balaban J connectivity index is 1.77. The van der Waals surface area contributed by atoms with Crippen LogP contribution in [0.4, 0.5) is 0 Å². The first-order valence-corrected chi connectivity index (χ1v) is 7.60. The average Bonchev–Trinajstić information content (AvgIpc) is 3.13. The van der Waals surface area contributed by atoms with E-state index in [9.17, 15) is 4.79 Å². The Labute approximate surface area is 128 Å². The summed E-state index contributed by atoms with van der Waals surface area (Å²) in [5.74, 6) is 0.880. The lowest BCUT2D eigenvalue weighted by Crippen LogP contribution is -2.37. The van der Waals surface area contributed by atoms with Gasteiger partial charge < -0.3 is 10.3 Å². The highest BCUT2D eigenvalue weighted by molar-refractivity contribution is 6.30. The standard InChI is InChI=1S/C16H18ClN3O/c1-2-13(14-18-9-10-19-14)20-15(21)16(7-8-16)11-3-5-12(17)6-4-11/h3-6,9-10,13H,2,7-8H2,1H3,(H,18,19)(H,20,21). The van der Waals surface area contributed by atoms with Crippen molar-refractivity contribution in [2.45, 2.75) is 37.6 Å². The van der Waals surface area contributed by atoms with Crippen molar-refractivity contribution in [3.05, 3.63) is 53.1 Å². The highest BCUT2D eigenvalue weighted by atomic mass is 35.5. The van der Waals surface area contributed by atoms with Gasteiger partial charge in [0.2, 0.25) is 5.91 Å². The molecule has 1 amide bonds. The summed E-state index contributed by atoms with van der Waals surface area (Å²) in [5.41, 5.74) is 0.656. The van der Waals surface area contributed by atoms with Gasteiger partial charge in [-0.05, 0) is 37.0 Å². The van der Waals surface area contributed by atoms with Crippen molar-refractivity contribution >= 4 is 17.5 Å². The van der Waals surface area contributed by atoms with Gasteiger partial charge in [0, 0.05) is 17.4 Å². The molecule has 1 atom stereocenters. The maximum absolute atomic E-state index is 12.7. The molecular formula is C16H18ClN3O. The van der Waals surface area contributed by atoms with Gasteiger partial charge in [-0.1, -0.05) is 30.7 Å². The number of hydrogen-bond acceptors (Lipinski definition) is 2. The SMILES string of the molecule is CCC(NC(=O)C1(c2ccc(Cl)cc2)CC1)c1ncc[nH]1. The normalized spacial score (nSPS) is 17.2. The van der Waals surface area contributed by atoms with E-state index in [4.69, 9.17) is 11.6 Å². The number of H-pyrrole nitrogens is 1. The molecule has 1 unspecified atom stereocenters. The number of imidazole rings is 1. The van der Waals surface area contributed by atoms with Crippen LogP contribution in [0.25, 0.3) is 0 Å². The van der Waals surface area contributed by atoms with Crippen LogP contribution in [-0.4, -0.2) is 15.9 Å². The Morgan fingerprint density at radius 2 is 2.14 bits per heavy atom. The van der Waals surface area contributed by atoms with Crippen molar-refractivity contribution in [1.29, 1.82) is 0 Å². The lowest BCUT2D eigenvalue weighted by Gasteiger charge is -2.20. The third-order valence-corrected chi connectivity index (χ3v) is 4.40. The third-order valence-electron chi connectivity index (χ3n) is 4.14. The first kappa shape index (κ1) is 14.1. The summed E-state index contributed by atoms with van der Waals surface area (Å²) in [6, 6.07) is 7.51. The summed E-state index contributed by atoms with van der Waals surface area (Å²) in [6.07, 6.45) is 6.05. The zero-order valence-electron chi connectivity index (χ0n) is 11.9. The zero-order chi connectivity index (χ0) is 14.9. The molecule has 1 heterocycles.